The minimum Gasteiger partial charge on any atom is -0.384 e. The molecule has 3 rings (SSSR count). The van der Waals surface area contributed by atoms with Crippen molar-refractivity contribution in [3.8, 4) is 0 Å². The van der Waals surface area contributed by atoms with Crippen molar-refractivity contribution in [2.45, 2.75) is 19.9 Å². The van der Waals surface area contributed by atoms with Crippen LogP contribution in [0.3, 0.4) is 0 Å². The van der Waals surface area contributed by atoms with Crippen LogP contribution in [0.15, 0.2) is 34.9 Å². The fourth-order valence-corrected chi connectivity index (χ4v) is 2.45. The van der Waals surface area contributed by atoms with Gasteiger partial charge in [-0.25, -0.2) is 0 Å². The van der Waals surface area contributed by atoms with Crippen LogP contribution in [0, 0.1) is 12.8 Å². The van der Waals surface area contributed by atoms with Crippen LogP contribution in [-0.4, -0.2) is 17.6 Å². The predicted molar refractivity (Wildman–Crippen MR) is 75.2 cm³/mol. The van der Waals surface area contributed by atoms with Gasteiger partial charge >= 0.3 is 0 Å². The van der Waals surface area contributed by atoms with Gasteiger partial charge in [-0.2, -0.15) is 0 Å². The van der Waals surface area contributed by atoms with Crippen molar-refractivity contribution in [3.05, 3.63) is 47.3 Å². The van der Waals surface area contributed by atoms with Gasteiger partial charge in [0.05, 0.1) is 12.5 Å². The number of aryl methyl sites for hydroxylation is 1. The summed E-state index contributed by atoms with van der Waals surface area (Å²) in [4.78, 5) is 12.2. The van der Waals surface area contributed by atoms with Crippen LogP contribution in [-0.2, 0) is 17.8 Å². The van der Waals surface area contributed by atoms with Gasteiger partial charge in [-0.15, -0.1) is 0 Å². The molecule has 1 atom stereocenters. The highest BCUT2D eigenvalue weighted by Gasteiger charge is 2.24. The summed E-state index contributed by atoms with van der Waals surface area (Å²) in [5.74, 6) is 0.757. The van der Waals surface area contributed by atoms with Gasteiger partial charge in [0.1, 0.15) is 11.5 Å². The number of benzene rings is 1. The summed E-state index contributed by atoms with van der Waals surface area (Å²) in [7, 11) is 0. The van der Waals surface area contributed by atoms with Crippen molar-refractivity contribution >= 4 is 11.6 Å². The molecule has 5 heteroatoms. The van der Waals surface area contributed by atoms with E-state index in [1.54, 1.807) is 0 Å². The molecule has 0 fully saturated rings. The third-order valence-corrected chi connectivity index (χ3v) is 3.51. The van der Waals surface area contributed by atoms with Crippen molar-refractivity contribution in [1.82, 2.24) is 10.5 Å². The third kappa shape index (κ3) is 2.66. The molecule has 2 aromatic rings. The Kier molecular flexibility index (Phi) is 3.41. The molecule has 104 valence electrons. The largest absolute Gasteiger partial charge is 0.384 e. The predicted octanol–water partition coefficient (Wildman–Crippen LogP) is 1.88. The first-order valence-corrected chi connectivity index (χ1v) is 6.74. The number of fused-ring (bicyclic) bond motifs is 1. The molecule has 1 aliphatic rings. The lowest BCUT2D eigenvalue weighted by atomic mass is 9.93. The molecule has 0 saturated carbocycles. The maximum atomic E-state index is 12.2. The number of nitrogens with zero attached hydrogens (tertiary/aromatic N) is 1. The molecule has 1 unspecified atom stereocenters. The van der Waals surface area contributed by atoms with E-state index in [-0.39, 0.29) is 11.8 Å². The van der Waals surface area contributed by atoms with E-state index in [1.807, 2.05) is 31.2 Å². The lowest BCUT2D eigenvalue weighted by Gasteiger charge is -2.25. The summed E-state index contributed by atoms with van der Waals surface area (Å²) in [5.41, 5.74) is 3.07. The molecule has 5 nitrogen and oxygen atoms in total. The number of rotatable bonds is 3. The van der Waals surface area contributed by atoms with Crippen LogP contribution in [0.25, 0.3) is 0 Å². The highest BCUT2D eigenvalue weighted by molar-refractivity contribution is 5.80. The Labute approximate surface area is 117 Å². The van der Waals surface area contributed by atoms with E-state index < -0.39 is 0 Å². The second-order valence-electron chi connectivity index (χ2n) is 5.09. The normalized spacial score (nSPS) is 17.1. The number of carbonyl (C=O) groups is 1. The first kappa shape index (κ1) is 12.7. The molecule has 0 bridgehead atoms. The highest BCUT2D eigenvalue weighted by Crippen LogP contribution is 2.24. The summed E-state index contributed by atoms with van der Waals surface area (Å²) in [6, 6.07) is 9.93. The van der Waals surface area contributed by atoms with Gasteiger partial charge in [-0.3, -0.25) is 4.79 Å². The SMILES string of the molecule is Cc1cc(CNC(=O)C2CNc3ccccc3C2)no1. The lowest BCUT2D eigenvalue weighted by molar-refractivity contribution is -0.124. The maximum Gasteiger partial charge on any atom is 0.225 e. The molecule has 1 amide bonds. The van der Waals surface area contributed by atoms with Crippen LogP contribution < -0.4 is 10.6 Å². The minimum absolute atomic E-state index is 0.0436. The average Bonchev–Trinajstić information content (AvgIpc) is 2.90. The molecule has 0 spiro atoms. The van der Waals surface area contributed by atoms with Gasteiger partial charge in [-0.05, 0) is 25.0 Å². The monoisotopic (exact) mass is 271 g/mol. The zero-order valence-corrected chi connectivity index (χ0v) is 11.3. The van der Waals surface area contributed by atoms with Crippen molar-refractivity contribution < 1.29 is 9.32 Å². The summed E-state index contributed by atoms with van der Waals surface area (Å²) in [5, 5.41) is 10.1. The Bertz CT molecular complexity index is 621. The van der Waals surface area contributed by atoms with Gasteiger partial charge in [0.25, 0.3) is 0 Å². The Morgan fingerprint density at radius 1 is 1.50 bits per heavy atom. The second-order valence-corrected chi connectivity index (χ2v) is 5.09. The molecule has 2 N–H and O–H groups in total. The minimum atomic E-state index is -0.0436. The number of anilines is 1. The van der Waals surface area contributed by atoms with E-state index in [0.29, 0.717) is 13.1 Å². The first-order chi connectivity index (χ1) is 9.72. The smallest absolute Gasteiger partial charge is 0.225 e. The van der Waals surface area contributed by atoms with Crippen LogP contribution in [0.4, 0.5) is 5.69 Å². The van der Waals surface area contributed by atoms with Crippen LogP contribution >= 0.6 is 0 Å². The van der Waals surface area contributed by atoms with Gasteiger partial charge in [-0.1, -0.05) is 23.4 Å². The van der Waals surface area contributed by atoms with E-state index in [9.17, 15) is 4.79 Å². The fourth-order valence-electron chi connectivity index (χ4n) is 2.45. The maximum absolute atomic E-state index is 12.2. The van der Waals surface area contributed by atoms with Gasteiger partial charge in [0, 0.05) is 18.3 Å². The third-order valence-electron chi connectivity index (χ3n) is 3.51. The van der Waals surface area contributed by atoms with Gasteiger partial charge in [0.2, 0.25) is 5.91 Å². The number of para-hydroxylation sites is 1. The van der Waals surface area contributed by atoms with Crippen LogP contribution in [0.1, 0.15) is 17.0 Å². The number of hydrogen-bond acceptors (Lipinski definition) is 4. The van der Waals surface area contributed by atoms with E-state index in [4.69, 9.17) is 4.52 Å². The van der Waals surface area contributed by atoms with E-state index >= 15 is 0 Å². The van der Waals surface area contributed by atoms with Crippen molar-refractivity contribution in [2.24, 2.45) is 5.92 Å². The Morgan fingerprint density at radius 3 is 3.15 bits per heavy atom. The second kappa shape index (κ2) is 5.36. The van der Waals surface area contributed by atoms with E-state index in [2.05, 4.69) is 21.9 Å². The average molecular weight is 271 g/mol. The molecular weight excluding hydrogens is 254 g/mol. The van der Waals surface area contributed by atoms with Gasteiger partial charge in [0.15, 0.2) is 0 Å². The Hall–Kier alpha value is -2.30. The Balaban J connectivity index is 1.59. The lowest BCUT2D eigenvalue weighted by Crippen LogP contribution is -2.37. The summed E-state index contributed by atoms with van der Waals surface area (Å²) in [6.07, 6.45) is 0.771. The highest BCUT2D eigenvalue weighted by atomic mass is 16.5. The Morgan fingerprint density at radius 2 is 2.35 bits per heavy atom. The molecule has 1 aliphatic heterocycles. The number of hydrogen-bond donors (Lipinski definition) is 2. The van der Waals surface area contributed by atoms with E-state index in [0.717, 1.165) is 23.6 Å². The number of amides is 1. The molecule has 0 radical (unpaired) electrons. The van der Waals surface area contributed by atoms with E-state index in [1.165, 1.54) is 5.56 Å². The van der Waals surface area contributed by atoms with Crippen molar-refractivity contribution in [2.75, 3.05) is 11.9 Å². The first-order valence-electron chi connectivity index (χ1n) is 6.74. The zero-order chi connectivity index (χ0) is 13.9. The molecule has 2 heterocycles. The fraction of sp³-hybridized carbons (Fsp3) is 0.333. The molecule has 1 aromatic heterocycles. The van der Waals surface area contributed by atoms with Crippen molar-refractivity contribution in [3.63, 3.8) is 0 Å². The van der Waals surface area contributed by atoms with Gasteiger partial charge < -0.3 is 15.2 Å². The number of aromatic nitrogens is 1. The molecule has 1 aromatic carbocycles. The zero-order valence-electron chi connectivity index (χ0n) is 11.3. The number of nitrogens with one attached hydrogen (secondary N) is 2. The summed E-state index contributed by atoms with van der Waals surface area (Å²) in [6.45, 7) is 2.91. The van der Waals surface area contributed by atoms with Crippen LogP contribution in [0.5, 0.6) is 0 Å². The number of carbonyl (C=O) groups excluding carboxylic acids is 1. The summed E-state index contributed by atoms with van der Waals surface area (Å²) >= 11 is 0. The molecule has 20 heavy (non-hydrogen) atoms. The van der Waals surface area contributed by atoms with Crippen molar-refractivity contribution in [1.29, 1.82) is 0 Å². The quantitative estimate of drug-likeness (QED) is 0.894. The standard InChI is InChI=1S/C15H17N3O2/c1-10-6-13(18-20-10)9-17-15(19)12-7-11-4-2-3-5-14(11)16-8-12/h2-6,12,16H,7-9H2,1H3,(H,17,19). The molecule has 0 saturated heterocycles. The molecular formula is C15H17N3O2. The molecule has 0 aliphatic carbocycles. The summed E-state index contributed by atoms with van der Waals surface area (Å²) < 4.78 is 4.98. The topological polar surface area (TPSA) is 67.2 Å². The van der Waals surface area contributed by atoms with Crippen LogP contribution in [0.2, 0.25) is 0 Å².